The Morgan fingerprint density at radius 3 is 2.87 bits per heavy atom. The van der Waals surface area contributed by atoms with E-state index in [9.17, 15) is 4.79 Å². The Labute approximate surface area is 190 Å². The molecule has 1 amide bonds. The van der Waals surface area contributed by atoms with Gasteiger partial charge in [0.15, 0.2) is 23.0 Å². The maximum Gasteiger partial charge on any atom is 0.294 e. The van der Waals surface area contributed by atoms with Crippen LogP contribution in [0.1, 0.15) is 21.6 Å². The van der Waals surface area contributed by atoms with Gasteiger partial charge in [-0.2, -0.15) is 13.8 Å². The number of hydrogen-bond donors (Lipinski definition) is 2. The van der Waals surface area contributed by atoms with E-state index in [0.717, 1.165) is 17.3 Å². The van der Waals surface area contributed by atoms with E-state index in [1.807, 2.05) is 24.3 Å². The molecule has 2 aromatic carbocycles. The zero-order valence-electron chi connectivity index (χ0n) is 16.0. The van der Waals surface area contributed by atoms with Gasteiger partial charge in [0.25, 0.3) is 5.91 Å². The van der Waals surface area contributed by atoms with Crippen molar-refractivity contribution in [1.29, 1.82) is 0 Å². The average Bonchev–Trinajstić information content (AvgIpc) is 3.22. The van der Waals surface area contributed by atoms with E-state index < -0.39 is 5.91 Å². The fraction of sp³-hybridized carbons (Fsp3) is 0.158. The first-order valence-electron chi connectivity index (χ1n) is 8.61. The van der Waals surface area contributed by atoms with E-state index >= 15 is 0 Å². The summed E-state index contributed by atoms with van der Waals surface area (Å²) in [4.78, 5) is 12.1. The fourth-order valence-electron chi connectivity index (χ4n) is 2.44. The molecule has 3 rings (SSSR count). The minimum absolute atomic E-state index is 0.182. The van der Waals surface area contributed by atoms with Gasteiger partial charge in [-0.3, -0.25) is 4.79 Å². The maximum absolute atomic E-state index is 12.1. The molecule has 156 valence electrons. The number of halogens is 2. The quantitative estimate of drug-likeness (QED) is 0.345. The molecule has 1 heterocycles. The number of methoxy groups -OCH3 is 1. The van der Waals surface area contributed by atoms with Crippen molar-refractivity contribution in [2.45, 2.75) is 6.61 Å². The van der Waals surface area contributed by atoms with Gasteiger partial charge in [0.1, 0.15) is 6.61 Å². The van der Waals surface area contributed by atoms with Gasteiger partial charge in [-0.15, -0.1) is 0 Å². The number of carbonyl (C=O) groups is 1. The minimum atomic E-state index is -0.463. The Hall–Kier alpha value is -2.69. The predicted octanol–water partition coefficient (Wildman–Crippen LogP) is 4.35. The third-order valence-electron chi connectivity index (χ3n) is 3.90. The van der Waals surface area contributed by atoms with Crippen molar-refractivity contribution in [2.75, 3.05) is 19.5 Å². The Morgan fingerprint density at radius 1 is 1.33 bits per heavy atom. The molecule has 0 unspecified atom stereocenters. The number of rotatable bonds is 8. The van der Waals surface area contributed by atoms with Crippen LogP contribution in [0.4, 0.5) is 5.82 Å². The number of nitrogens with zero attached hydrogens (tertiary/aromatic N) is 3. The van der Waals surface area contributed by atoms with Gasteiger partial charge in [-0.05, 0) is 39.7 Å². The summed E-state index contributed by atoms with van der Waals surface area (Å²) in [5, 5.41) is 7.40. The van der Waals surface area contributed by atoms with Crippen molar-refractivity contribution >= 4 is 57.2 Å². The predicted molar refractivity (Wildman–Crippen MR) is 121 cm³/mol. The summed E-state index contributed by atoms with van der Waals surface area (Å²) < 4.78 is 19.9. The molecule has 0 saturated heterocycles. The van der Waals surface area contributed by atoms with Crippen LogP contribution >= 0.6 is 39.3 Å². The lowest BCUT2D eigenvalue weighted by atomic mass is 10.2. The molecule has 0 spiro atoms. The molecule has 0 bridgehead atoms. The first kappa shape index (κ1) is 22.0. The molecule has 11 heteroatoms. The summed E-state index contributed by atoms with van der Waals surface area (Å²) in [5.41, 5.74) is 4.16. The topological polar surface area (TPSA) is 97.7 Å². The zero-order valence-corrected chi connectivity index (χ0v) is 19.1. The second kappa shape index (κ2) is 10.4. The van der Waals surface area contributed by atoms with Crippen molar-refractivity contribution in [3.63, 3.8) is 0 Å². The molecular weight excluding hydrogens is 494 g/mol. The lowest BCUT2D eigenvalue weighted by molar-refractivity contribution is 0.0952. The third kappa shape index (κ3) is 5.26. The van der Waals surface area contributed by atoms with Crippen molar-refractivity contribution in [3.8, 4) is 11.5 Å². The minimum Gasteiger partial charge on any atom is -0.493 e. The molecule has 3 aromatic rings. The van der Waals surface area contributed by atoms with Crippen LogP contribution in [0.2, 0.25) is 5.02 Å². The van der Waals surface area contributed by atoms with Crippen molar-refractivity contribution in [3.05, 3.63) is 62.7 Å². The summed E-state index contributed by atoms with van der Waals surface area (Å²) in [5.74, 6) is 0.975. The smallest absolute Gasteiger partial charge is 0.294 e. The van der Waals surface area contributed by atoms with E-state index in [1.54, 1.807) is 26.3 Å². The number of carbonyl (C=O) groups excluding carboxylic acids is 1. The van der Waals surface area contributed by atoms with Gasteiger partial charge >= 0.3 is 0 Å². The van der Waals surface area contributed by atoms with Crippen molar-refractivity contribution in [2.24, 2.45) is 5.10 Å². The highest BCUT2D eigenvalue weighted by atomic mass is 79.9. The highest BCUT2D eigenvalue weighted by Crippen LogP contribution is 2.37. The number of ether oxygens (including phenoxy) is 2. The first-order valence-corrected chi connectivity index (χ1v) is 10.5. The molecule has 0 aliphatic rings. The number of amides is 1. The summed E-state index contributed by atoms with van der Waals surface area (Å²) in [6, 6.07) is 11.0. The van der Waals surface area contributed by atoms with Crippen LogP contribution in [0.15, 0.2) is 46.0 Å². The summed E-state index contributed by atoms with van der Waals surface area (Å²) >= 11 is 10.6. The highest BCUT2D eigenvalue weighted by molar-refractivity contribution is 9.10. The number of benzene rings is 2. The van der Waals surface area contributed by atoms with Crippen LogP contribution in [0.3, 0.4) is 0 Å². The number of nitrogens with one attached hydrogen (secondary N) is 2. The van der Waals surface area contributed by atoms with Gasteiger partial charge in [-0.25, -0.2) is 5.43 Å². The van der Waals surface area contributed by atoms with Crippen molar-refractivity contribution < 1.29 is 14.3 Å². The Kier molecular flexibility index (Phi) is 7.61. The lowest BCUT2D eigenvalue weighted by Gasteiger charge is -2.14. The van der Waals surface area contributed by atoms with E-state index in [2.05, 4.69) is 40.5 Å². The second-order valence-electron chi connectivity index (χ2n) is 5.82. The van der Waals surface area contributed by atoms with Crippen LogP contribution in [-0.2, 0) is 6.61 Å². The first-order chi connectivity index (χ1) is 14.5. The molecule has 2 N–H and O–H groups in total. The van der Waals surface area contributed by atoms with Gasteiger partial charge in [0, 0.05) is 17.6 Å². The van der Waals surface area contributed by atoms with Crippen LogP contribution in [-0.4, -0.2) is 35.0 Å². The summed E-state index contributed by atoms with van der Waals surface area (Å²) in [7, 11) is 3.21. The standard InChI is InChI=1S/C19H17BrClN5O3S/c1-22-18-16(25-30-26-18)19(27)24-23-9-11-7-13(20)17(15(8-11)28-2)29-10-12-5-3-4-6-14(12)21/h3-9H,10H2,1-2H3,(H,22,26)(H,24,27)/b23-9+. The van der Waals surface area contributed by atoms with Gasteiger partial charge < -0.3 is 14.8 Å². The molecule has 0 radical (unpaired) electrons. The van der Waals surface area contributed by atoms with E-state index in [1.165, 1.54) is 6.21 Å². The second-order valence-corrected chi connectivity index (χ2v) is 7.61. The number of anilines is 1. The average molecular weight is 511 g/mol. The largest absolute Gasteiger partial charge is 0.493 e. The molecule has 0 saturated carbocycles. The Morgan fingerprint density at radius 2 is 2.13 bits per heavy atom. The highest BCUT2D eigenvalue weighted by Gasteiger charge is 2.15. The monoisotopic (exact) mass is 509 g/mol. The summed E-state index contributed by atoms with van der Waals surface area (Å²) in [6.07, 6.45) is 1.49. The van der Waals surface area contributed by atoms with E-state index in [4.69, 9.17) is 21.1 Å². The molecule has 1 aromatic heterocycles. The van der Waals surface area contributed by atoms with Crippen LogP contribution in [0.25, 0.3) is 0 Å². The summed E-state index contributed by atoms with van der Waals surface area (Å²) in [6.45, 7) is 0.285. The van der Waals surface area contributed by atoms with Crippen LogP contribution < -0.4 is 20.2 Å². The van der Waals surface area contributed by atoms with Crippen molar-refractivity contribution in [1.82, 2.24) is 14.2 Å². The fourth-order valence-corrected chi connectivity index (χ4v) is 3.76. The molecule has 0 aliphatic carbocycles. The molecule has 0 atom stereocenters. The van der Waals surface area contributed by atoms with Gasteiger partial charge in [0.2, 0.25) is 0 Å². The maximum atomic E-state index is 12.1. The SMILES string of the molecule is CNc1nsnc1C(=O)N/N=C/c1cc(Br)c(OCc2ccccc2Cl)c(OC)c1. The van der Waals surface area contributed by atoms with E-state index in [0.29, 0.717) is 32.4 Å². The lowest BCUT2D eigenvalue weighted by Crippen LogP contribution is -2.19. The Balaban J connectivity index is 1.71. The molecule has 0 fully saturated rings. The molecular formula is C19H17BrClN5O3S. The van der Waals surface area contributed by atoms with Gasteiger partial charge in [-0.1, -0.05) is 29.8 Å². The third-order valence-corrected chi connectivity index (χ3v) is 5.39. The number of hydrogen-bond acceptors (Lipinski definition) is 8. The zero-order chi connectivity index (χ0) is 21.5. The number of hydrazone groups is 1. The molecule has 0 aliphatic heterocycles. The molecule has 8 nitrogen and oxygen atoms in total. The van der Waals surface area contributed by atoms with Gasteiger partial charge in [0.05, 0.1) is 29.5 Å². The number of aromatic nitrogens is 2. The Bertz CT molecular complexity index is 1080. The van der Waals surface area contributed by atoms with Crippen LogP contribution in [0, 0.1) is 0 Å². The van der Waals surface area contributed by atoms with Crippen LogP contribution in [0.5, 0.6) is 11.5 Å². The molecule has 30 heavy (non-hydrogen) atoms. The van der Waals surface area contributed by atoms with E-state index in [-0.39, 0.29) is 12.3 Å². The normalized spacial score (nSPS) is 10.8.